The zero-order valence-corrected chi connectivity index (χ0v) is 20.8. The van der Waals surface area contributed by atoms with Crippen LogP contribution in [0.4, 0.5) is 17.6 Å². The first-order chi connectivity index (χ1) is 19.0. The minimum absolute atomic E-state index is 0.0448. The molecule has 2 aromatic carbocycles. The van der Waals surface area contributed by atoms with Crippen molar-refractivity contribution in [2.45, 2.75) is 38.5 Å². The molecule has 1 atom stereocenters. The maximum absolute atomic E-state index is 13.7. The number of aromatic amines is 1. The summed E-state index contributed by atoms with van der Waals surface area (Å²) in [4.78, 5) is 22.6. The Kier molecular flexibility index (Phi) is 6.05. The number of H-pyrrole nitrogens is 1. The number of aromatic nitrogens is 4. The molecule has 6 rings (SSSR count). The fourth-order valence-electron chi connectivity index (χ4n) is 5.16. The van der Waals surface area contributed by atoms with E-state index in [1.807, 2.05) is 12.1 Å². The highest BCUT2D eigenvalue weighted by atomic mass is 19.4. The Labute approximate surface area is 223 Å². The molecule has 1 aliphatic carbocycles. The van der Waals surface area contributed by atoms with E-state index >= 15 is 0 Å². The van der Waals surface area contributed by atoms with Gasteiger partial charge in [0, 0.05) is 51.0 Å². The Morgan fingerprint density at radius 3 is 2.67 bits per heavy atom. The summed E-state index contributed by atoms with van der Waals surface area (Å²) < 4.78 is 62.5. The van der Waals surface area contributed by atoms with Crippen LogP contribution in [0.25, 0.3) is 44.9 Å². The number of carboxylic acids is 1. The van der Waals surface area contributed by atoms with Crippen molar-refractivity contribution >= 4 is 16.9 Å². The molecule has 0 amide bonds. The van der Waals surface area contributed by atoms with Crippen molar-refractivity contribution in [3.63, 3.8) is 0 Å². The van der Waals surface area contributed by atoms with E-state index in [4.69, 9.17) is 4.52 Å². The van der Waals surface area contributed by atoms with E-state index in [1.165, 1.54) is 31.3 Å². The van der Waals surface area contributed by atoms with E-state index < -0.39 is 24.0 Å². The summed E-state index contributed by atoms with van der Waals surface area (Å²) in [6, 6.07) is 10.8. The first-order valence-electron chi connectivity index (χ1n) is 12.3. The van der Waals surface area contributed by atoms with Crippen LogP contribution in [0.15, 0.2) is 53.2 Å². The second-order valence-electron chi connectivity index (χ2n) is 9.66. The van der Waals surface area contributed by atoms with Crippen LogP contribution < -0.4 is 4.74 Å². The van der Waals surface area contributed by atoms with Crippen LogP contribution in [-0.2, 0) is 11.2 Å². The predicted molar refractivity (Wildman–Crippen MR) is 135 cm³/mol. The average molecular weight is 552 g/mol. The van der Waals surface area contributed by atoms with Crippen LogP contribution in [0.1, 0.15) is 35.6 Å². The Balaban J connectivity index is 1.37. The molecule has 0 aliphatic heterocycles. The summed E-state index contributed by atoms with van der Waals surface area (Å²) >= 11 is 0. The van der Waals surface area contributed by atoms with Crippen LogP contribution in [0.3, 0.4) is 0 Å². The highest BCUT2D eigenvalue weighted by molar-refractivity contribution is 5.89. The van der Waals surface area contributed by atoms with Gasteiger partial charge >= 0.3 is 12.3 Å². The van der Waals surface area contributed by atoms with Crippen LogP contribution in [0, 0.1) is 12.9 Å². The number of alkyl halides is 3. The quantitative estimate of drug-likeness (QED) is 0.176. The lowest BCUT2D eigenvalue weighted by Crippen LogP contribution is -2.17. The van der Waals surface area contributed by atoms with Crippen LogP contribution in [0.2, 0.25) is 0 Å². The Hall–Kier alpha value is -4.74. The van der Waals surface area contributed by atoms with Gasteiger partial charge in [0.2, 0.25) is 11.8 Å². The molecule has 204 valence electrons. The van der Waals surface area contributed by atoms with Gasteiger partial charge in [-0.25, -0.2) is 4.98 Å². The normalized spacial score (nSPS) is 15.0. The zero-order valence-electron chi connectivity index (χ0n) is 20.8. The van der Waals surface area contributed by atoms with Crippen molar-refractivity contribution in [3.8, 4) is 39.7 Å². The molecule has 0 bridgehead atoms. The standard InChI is InChI=1S/C28H20F4N4O4/c1-13-6-18(12-33-25(13)29)16-7-17(9-19(8-16)39-28(30,31)32)27-35-26(36-40-27)15-3-5-22-21(10-15)20-4-2-14(11-23(37)38)24(20)34-22/h3,5-10,12,14,34H,2,4,11H2,1H3,(H,37,38). The van der Waals surface area contributed by atoms with Crippen molar-refractivity contribution in [3.05, 3.63) is 71.4 Å². The average Bonchev–Trinajstić information content (AvgIpc) is 3.60. The Morgan fingerprint density at radius 2 is 1.93 bits per heavy atom. The van der Waals surface area contributed by atoms with E-state index in [0.717, 1.165) is 41.1 Å². The molecule has 3 heterocycles. The van der Waals surface area contributed by atoms with Crippen molar-refractivity contribution in [1.82, 2.24) is 20.1 Å². The highest BCUT2D eigenvalue weighted by Gasteiger charge is 2.32. The SMILES string of the molecule is Cc1cc(-c2cc(OC(F)(F)F)cc(-c3nc(-c4ccc5[nH]c6c(c5c4)CCC6CC(=O)O)no3)c2)cnc1F. The monoisotopic (exact) mass is 552 g/mol. The first-order valence-corrected chi connectivity index (χ1v) is 12.3. The van der Waals surface area contributed by atoms with E-state index in [2.05, 4.69) is 24.8 Å². The lowest BCUT2D eigenvalue weighted by atomic mass is 10.0. The van der Waals surface area contributed by atoms with Gasteiger partial charge in [0.15, 0.2) is 0 Å². The molecule has 0 saturated carbocycles. The van der Waals surface area contributed by atoms with E-state index in [-0.39, 0.29) is 40.7 Å². The first kappa shape index (κ1) is 25.5. The Bertz CT molecular complexity index is 1780. The third-order valence-electron chi connectivity index (χ3n) is 6.93. The molecule has 0 spiro atoms. The number of pyridine rings is 1. The molecule has 40 heavy (non-hydrogen) atoms. The van der Waals surface area contributed by atoms with Gasteiger partial charge < -0.3 is 19.4 Å². The van der Waals surface area contributed by atoms with Crippen molar-refractivity contribution in [1.29, 1.82) is 0 Å². The molecule has 5 aromatic rings. The number of hydrogen-bond donors (Lipinski definition) is 2. The van der Waals surface area contributed by atoms with Gasteiger partial charge in [0.1, 0.15) is 5.75 Å². The second-order valence-corrected chi connectivity index (χ2v) is 9.66. The van der Waals surface area contributed by atoms with E-state index in [1.54, 1.807) is 6.07 Å². The number of carboxylic acid groups (broad SMARTS) is 1. The lowest BCUT2D eigenvalue weighted by Gasteiger charge is -2.12. The molecule has 0 radical (unpaired) electrons. The summed E-state index contributed by atoms with van der Waals surface area (Å²) in [6.07, 6.45) is -2.21. The summed E-state index contributed by atoms with van der Waals surface area (Å²) in [5.41, 5.74) is 4.50. The van der Waals surface area contributed by atoms with Gasteiger partial charge in [0.05, 0.1) is 6.42 Å². The molecular weight excluding hydrogens is 532 g/mol. The van der Waals surface area contributed by atoms with Crippen LogP contribution >= 0.6 is 0 Å². The molecule has 0 saturated heterocycles. The maximum atomic E-state index is 13.7. The lowest BCUT2D eigenvalue weighted by molar-refractivity contribution is -0.274. The van der Waals surface area contributed by atoms with Crippen LogP contribution in [0.5, 0.6) is 5.75 Å². The molecule has 1 aliphatic rings. The van der Waals surface area contributed by atoms with E-state index in [0.29, 0.717) is 11.1 Å². The molecule has 2 N–H and O–H groups in total. The molecule has 1 unspecified atom stereocenters. The molecular formula is C28H20F4N4O4. The van der Waals surface area contributed by atoms with E-state index in [9.17, 15) is 27.5 Å². The third-order valence-corrected chi connectivity index (χ3v) is 6.93. The fraction of sp³-hybridized carbons (Fsp3) is 0.214. The number of nitrogens with zero attached hydrogens (tertiary/aromatic N) is 3. The number of ether oxygens (including phenoxy) is 1. The summed E-state index contributed by atoms with van der Waals surface area (Å²) in [7, 11) is 0. The number of halogens is 4. The summed E-state index contributed by atoms with van der Waals surface area (Å²) in [5.74, 6) is -1.96. The van der Waals surface area contributed by atoms with Crippen molar-refractivity contribution in [2.24, 2.45) is 0 Å². The van der Waals surface area contributed by atoms with Gasteiger partial charge in [-0.1, -0.05) is 5.16 Å². The van der Waals surface area contributed by atoms with Gasteiger partial charge in [-0.15, -0.1) is 13.2 Å². The van der Waals surface area contributed by atoms with Gasteiger partial charge in [-0.05, 0) is 73.4 Å². The number of carbonyl (C=O) groups is 1. The summed E-state index contributed by atoms with van der Waals surface area (Å²) in [6.45, 7) is 1.50. The number of nitrogens with one attached hydrogen (secondary N) is 1. The maximum Gasteiger partial charge on any atom is 0.573 e. The number of hydrogen-bond acceptors (Lipinski definition) is 6. The van der Waals surface area contributed by atoms with Crippen LogP contribution in [-0.4, -0.2) is 37.5 Å². The van der Waals surface area contributed by atoms with Crippen molar-refractivity contribution < 1.29 is 36.7 Å². The predicted octanol–water partition coefficient (Wildman–Crippen LogP) is 6.80. The third kappa shape index (κ3) is 4.88. The second kappa shape index (κ2) is 9.47. The van der Waals surface area contributed by atoms with Gasteiger partial charge in [-0.2, -0.15) is 9.37 Å². The number of fused-ring (bicyclic) bond motifs is 3. The fourth-order valence-corrected chi connectivity index (χ4v) is 5.16. The van der Waals surface area contributed by atoms with Gasteiger partial charge in [0.25, 0.3) is 5.89 Å². The largest absolute Gasteiger partial charge is 0.573 e. The molecule has 0 fully saturated rings. The minimum atomic E-state index is -4.94. The molecule has 8 nitrogen and oxygen atoms in total. The summed E-state index contributed by atoms with van der Waals surface area (Å²) in [5, 5.41) is 14.2. The zero-order chi connectivity index (χ0) is 28.2. The number of benzene rings is 2. The molecule has 12 heteroatoms. The topological polar surface area (TPSA) is 114 Å². The smallest absolute Gasteiger partial charge is 0.481 e. The number of aliphatic carboxylic acids is 1. The Morgan fingerprint density at radius 1 is 1.12 bits per heavy atom. The van der Waals surface area contributed by atoms with Gasteiger partial charge in [-0.3, -0.25) is 4.79 Å². The number of rotatable bonds is 6. The highest BCUT2D eigenvalue weighted by Crippen LogP contribution is 2.41. The van der Waals surface area contributed by atoms with Crippen molar-refractivity contribution in [2.75, 3.05) is 0 Å². The number of aryl methyl sites for hydroxylation is 2. The molecule has 3 aromatic heterocycles. The minimum Gasteiger partial charge on any atom is -0.481 e.